The molecule has 0 fully saturated rings. The minimum absolute atomic E-state index is 0.446. The number of hydrogen-bond acceptors (Lipinski definition) is 2. The molecule has 1 aromatic carbocycles. The number of benzene rings is 1. The standard InChI is InChI=1S/C14H16N2O2/c1-3-16-8(2)13(14(17)18)11-4-9-6-15-7-10(9)5-12(11)16/h4-5,15H,3,6-7H2,1-2H3,(H,17,18). The van der Waals surface area contributed by atoms with Crippen molar-refractivity contribution in [1.29, 1.82) is 0 Å². The number of nitrogens with zero attached hydrogens (tertiary/aromatic N) is 1. The first-order valence-corrected chi connectivity index (χ1v) is 6.22. The van der Waals surface area contributed by atoms with Crippen molar-refractivity contribution in [3.63, 3.8) is 0 Å². The number of rotatable bonds is 2. The fourth-order valence-electron chi connectivity index (χ4n) is 2.95. The predicted octanol–water partition coefficient (Wildman–Crippen LogP) is 2.27. The van der Waals surface area contributed by atoms with Gasteiger partial charge in [0.05, 0.1) is 5.56 Å². The Morgan fingerprint density at radius 3 is 2.67 bits per heavy atom. The van der Waals surface area contributed by atoms with Crippen molar-refractivity contribution < 1.29 is 9.90 Å². The first-order chi connectivity index (χ1) is 8.63. The van der Waals surface area contributed by atoms with Crippen LogP contribution in [-0.2, 0) is 19.6 Å². The summed E-state index contributed by atoms with van der Waals surface area (Å²) in [5, 5.41) is 13.6. The Morgan fingerprint density at radius 2 is 2.06 bits per heavy atom. The molecule has 2 aromatic rings. The largest absolute Gasteiger partial charge is 0.478 e. The minimum Gasteiger partial charge on any atom is -0.478 e. The number of aryl methyl sites for hydroxylation is 1. The molecule has 3 rings (SSSR count). The summed E-state index contributed by atoms with van der Waals surface area (Å²) in [5.74, 6) is -0.837. The zero-order chi connectivity index (χ0) is 12.9. The van der Waals surface area contributed by atoms with E-state index in [9.17, 15) is 9.90 Å². The van der Waals surface area contributed by atoms with Gasteiger partial charge in [-0.05, 0) is 37.1 Å². The second kappa shape index (κ2) is 3.85. The van der Waals surface area contributed by atoms with Gasteiger partial charge >= 0.3 is 5.97 Å². The molecule has 4 nitrogen and oxygen atoms in total. The summed E-state index contributed by atoms with van der Waals surface area (Å²) in [7, 11) is 0. The van der Waals surface area contributed by atoms with Gasteiger partial charge in [0.2, 0.25) is 0 Å². The second-order valence-electron chi connectivity index (χ2n) is 4.75. The van der Waals surface area contributed by atoms with Crippen LogP contribution in [0.4, 0.5) is 0 Å². The highest BCUT2D eigenvalue weighted by atomic mass is 16.4. The summed E-state index contributed by atoms with van der Waals surface area (Å²) in [6.07, 6.45) is 0. The first-order valence-electron chi connectivity index (χ1n) is 6.22. The number of aromatic nitrogens is 1. The highest BCUT2D eigenvalue weighted by Crippen LogP contribution is 2.30. The lowest BCUT2D eigenvalue weighted by Gasteiger charge is -2.05. The zero-order valence-electron chi connectivity index (χ0n) is 10.6. The van der Waals surface area contributed by atoms with Crippen molar-refractivity contribution in [2.45, 2.75) is 33.5 Å². The number of nitrogens with one attached hydrogen (secondary N) is 1. The summed E-state index contributed by atoms with van der Waals surface area (Å²) >= 11 is 0. The van der Waals surface area contributed by atoms with Gasteiger partial charge in [0.15, 0.2) is 0 Å². The van der Waals surface area contributed by atoms with Crippen LogP contribution in [0, 0.1) is 6.92 Å². The molecule has 2 heterocycles. The molecule has 0 amide bonds. The summed E-state index contributed by atoms with van der Waals surface area (Å²) in [5.41, 5.74) is 4.83. The Labute approximate surface area is 105 Å². The van der Waals surface area contributed by atoms with Crippen LogP contribution in [0.3, 0.4) is 0 Å². The van der Waals surface area contributed by atoms with Gasteiger partial charge in [0, 0.05) is 36.2 Å². The topological polar surface area (TPSA) is 54.3 Å². The smallest absolute Gasteiger partial charge is 0.338 e. The summed E-state index contributed by atoms with van der Waals surface area (Å²) in [6.45, 7) is 6.43. The number of carboxylic acid groups (broad SMARTS) is 1. The van der Waals surface area contributed by atoms with E-state index in [-0.39, 0.29) is 0 Å². The Kier molecular flexibility index (Phi) is 2.41. The van der Waals surface area contributed by atoms with Crippen molar-refractivity contribution in [3.8, 4) is 0 Å². The van der Waals surface area contributed by atoms with Crippen LogP contribution in [-0.4, -0.2) is 15.6 Å². The van der Waals surface area contributed by atoms with E-state index in [4.69, 9.17) is 0 Å². The molecule has 1 aliphatic rings. The number of aromatic carboxylic acids is 1. The Balaban J connectivity index is 2.41. The maximum Gasteiger partial charge on any atom is 0.338 e. The molecule has 0 saturated carbocycles. The van der Waals surface area contributed by atoms with E-state index in [1.165, 1.54) is 11.1 Å². The van der Waals surface area contributed by atoms with Crippen LogP contribution < -0.4 is 5.32 Å². The van der Waals surface area contributed by atoms with Crippen LogP contribution in [0.2, 0.25) is 0 Å². The van der Waals surface area contributed by atoms with Gasteiger partial charge in [-0.15, -0.1) is 0 Å². The molecular weight excluding hydrogens is 228 g/mol. The lowest BCUT2D eigenvalue weighted by molar-refractivity contribution is 0.0698. The SMILES string of the molecule is CCn1c(C)c(C(=O)O)c2cc3c(cc21)CNC3. The number of fused-ring (bicyclic) bond motifs is 2. The van der Waals surface area contributed by atoms with E-state index in [0.29, 0.717) is 5.56 Å². The Bertz CT molecular complexity index is 656. The van der Waals surface area contributed by atoms with Crippen molar-refractivity contribution in [2.24, 2.45) is 0 Å². The predicted molar refractivity (Wildman–Crippen MR) is 69.9 cm³/mol. The third-order valence-electron chi connectivity index (χ3n) is 3.81. The van der Waals surface area contributed by atoms with Crippen LogP contribution in [0.1, 0.15) is 34.1 Å². The monoisotopic (exact) mass is 244 g/mol. The molecule has 0 radical (unpaired) electrons. The molecule has 1 aliphatic heterocycles. The molecule has 94 valence electrons. The zero-order valence-corrected chi connectivity index (χ0v) is 10.6. The van der Waals surface area contributed by atoms with Crippen LogP contribution in [0.15, 0.2) is 12.1 Å². The van der Waals surface area contributed by atoms with Crippen molar-refractivity contribution in [1.82, 2.24) is 9.88 Å². The number of carbonyl (C=O) groups is 1. The Morgan fingerprint density at radius 1 is 1.39 bits per heavy atom. The maximum atomic E-state index is 11.4. The number of carboxylic acids is 1. The third-order valence-corrected chi connectivity index (χ3v) is 3.81. The van der Waals surface area contributed by atoms with Crippen molar-refractivity contribution >= 4 is 16.9 Å². The molecular formula is C14H16N2O2. The van der Waals surface area contributed by atoms with Crippen LogP contribution in [0.5, 0.6) is 0 Å². The van der Waals surface area contributed by atoms with E-state index in [1.54, 1.807) is 0 Å². The van der Waals surface area contributed by atoms with E-state index >= 15 is 0 Å². The van der Waals surface area contributed by atoms with Gasteiger partial charge in [-0.3, -0.25) is 0 Å². The number of hydrogen-bond donors (Lipinski definition) is 2. The third kappa shape index (κ3) is 1.39. The van der Waals surface area contributed by atoms with Crippen molar-refractivity contribution in [3.05, 3.63) is 34.5 Å². The summed E-state index contributed by atoms with van der Waals surface area (Å²) in [6, 6.07) is 4.17. The van der Waals surface area contributed by atoms with Crippen LogP contribution in [0.25, 0.3) is 10.9 Å². The highest BCUT2D eigenvalue weighted by molar-refractivity contribution is 6.05. The minimum atomic E-state index is -0.837. The van der Waals surface area contributed by atoms with Gasteiger partial charge < -0.3 is 15.0 Å². The lowest BCUT2D eigenvalue weighted by atomic mass is 10.0. The van der Waals surface area contributed by atoms with Gasteiger partial charge in [0.25, 0.3) is 0 Å². The quantitative estimate of drug-likeness (QED) is 0.852. The average Bonchev–Trinajstić information content (AvgIpc) is 2.86. The van der Waals surface area contributed by atoms with E-state index in [2.05, 4.69) is 16.0 Å². The molecule has 0 bridgehead atoms. The van der Waals surface area contributed by atoms with Gasteiger partial charge in [-0.2, -0.15) is 0 Å². The van der Waals surface area contributed by atoms with Gasteiger partial charge in [-0.25, -0.2) is 4.79 Å². The molecule has 0 spiro atoms. The normalized spacial score (nSPS) is 14.1. The molecule has 2 N–H and O–H groups in total. The molecule has 0 atom stereocenters. The summed E-state index contributed by atoms with van der Waals surface area (Å²) < 4.78 is 2.08. The highest BCUT2D eigenvalue weighted by Gasteiger charge is 2.21. The van der Waals surface area contributed by atoms with E-state index in [1.807, 2.05) is 19.9 Å². The fourth-order valence-corrected chi connectivity index (χ4v) is 2.95. The van der Waals surface area contributed by atoms with Gasteiger partial charge in [-0.1, -0.05) is 0 Å². The average molecular weight is 244 g/mol. The molecule has 0 saturated heterocycles. The lowest BCUT2D eigenvalue weighted by Crippen LogP contribution is -2.02. The molecule has 4 heteroatoms. The van der Waals surface area contributed by atoms with Crippen LogP contribution >= 0.6 is 0 Å². The van der Waals surface area contributed by atoms with Crippen molar-refractivity contribution in [2.75, 3.05) is 0 Å². The first kappa shape index (κ1) is 11.3. The molecule has 18 heavy (non-hydrogen) atoms. The molecule has 0 aliphatic carbocycles. The maximum absolute atomic E-state index is 11.4. The Hall–Kier alpha value is -1.81. The molecule has 0 unspecified atom stereocenters. The molecule has 1 aromatic heterocycles. The van der Waals surface area contributed by atoms with Gasteiger partial charge in [0.1, 0.15) is 0 Å². The second-order valence-corrected chi connectivity index (χ2v) is 4.75. The fraction of sp³-hybridized carbons (Fsp3) is 0.357. The van der Waals surface area contributed by atoms with E-state index in [0.717, 1.165) is 36.2 Å². The summed E-state index contributed by atoms with van der Waals surface area (Å²) in [4.78, 5) is 11.4. The van der Waals surface area contributed by atoms with E-state index < -0.39 is 5.97 Å².